The van der Waals surface area contributed by atoms with E-state index in [2.05, 4.69) is 15.9 Å². The summed E-state index contributed by atoms with van der Waals surface area (Å²) in [6.07, 6.45) is 0. The summed E-state index contributed by atoms with van der Waals surface area (Å²) < 4.78 is 0.975. The molecular weight excluding hydrogens is 247 g/mol. The highest BCUT2D eigenvalue weighted by atomic mass is 79.9. The van der Waals surface area contributed by atoms with Crippen LogP contribution in [0.3, 0.4) is 0 Å². The van der Waals surface area contributed by atoms with E-state index < -0.39 is 0 Å². The van der Waals surface area contributed by atoms with Crippen LogP contribution in [0.25, 0.3) is 0 Å². The van der Waals surface area contributed by atoms with Crippen LogP contribution < -0.4 is 0 Å². The molecular formula is C8H7BrCl2. The van der Waals surface area contributed by atoms with E-state index in [4.69, 9.17) is 23.2 Å². The minimum Gasteiger partial charge on any atom is -0.121 e. The third kappa shape index (κ3) is 1.90. The lowest BCUT2D eigenvalue weighted by atomic mass is 10.2. The highest BCUT2D eigenvalue weighted by molar-refractivity contribution is 9.10. The molecule has 0 atom stereocenters. The summed E-state index contributed by atoms with van der Waals surface area (Å²) in [7, 11) is 0. The second kappa shape index (κ2) is 3.79. The number of rotatable bonds is 1. The molecule has 0 bridgehead atoms. The van der Waals surface area contributed by atoms with E-state index in [-0.39, 0.29) is 0 Å². The van der Waals surface area contributed by atoms with Gasteiger partial charge in [-0.15, -0.1) is 11.6 Å². The first-order chi connectivity index (χ1) is 5.16. The van der Waals surface area contributed by atoms with Crippen molar-refractivity contribution in [1.82, 2.24) is 0 Å². The van der Waals surface area contributed by atoms with Gasteiger partial charge in [0.25, 0.3) is 0 Å². The molecule has 60 valence electrons. The quantitative estimate of drug-likeness (QED) is 0.660. The highest BCUT2D eigenvalue weighted by Gasteiger charge is 2.05. The molecule has 0 saturated carbocycles. The van der Waals surface area contributed by atoms with Crippen LogP contribution in [0, 0.1) is 6.92 Å². The number of aryl methyl sites for hydroxylation is 1. The summed E-state index contributed by atoms with van der Waals surface area (Å²) in [5, 5.41) is 0.759. The average Bonchev–Trinajstić information content (AvgIpc) is 1.99. The Morgan fingerprint density at radius 1 is 1.45 bits per heavy atom. The maximum absolute atomic E-state index is 5.98. The van der Waals surface area contributed by atoms with Crippen molar-refractivity contribution in [1.29, 1.82) is 0 Å². The van der Waals surface area contributed by atoms with E-state index >= 15 is 0 Å². The Bertz CT molecular complexity index is 271. The minimum atomic E-state index is 0.446. The predicted octanol–water partition coefficient (Wildman–Crippen LogP) is 4.15. The van der Waals surface area contributed by atoms with Crippen LogP contribution in [0.2, 0.25) is 5.02 Å². The maximum Gasteiger partial charge on any atom is 0.0500 e. The Balaban J connectivity index is 3.29. The number of hydrogen-bond donors (Lipinski definition) is 0. The highest BCUT2D eigenvalue weighted by Crippen LogP contribution is 2.29. The van der Waals surface area contributed by atoms with Crippen molar-refractivity contribution < 1.29 is 0 Å². The zero-order chi connectivity index (χ0) is 8.43. The normalized spacial score (nSPS) is 10.2. The maximum atomic E-state index is 5.98. The van der Waals surface area contributed by atoms with Crippen molar-refractivity contribution in [3.8, 4) is 0 Å². The summed E-state index contributed by atoms with van der Waals surface area (Å²) in [5.74, 6) is 0.446. The Kier molecular flexibility index (Phi) is 3.23. The lowest BCUT2D eigenvalue weighted by Gasteiger charge is -2.05. The molecule has 1 rings (SSSR count). The van der Waals surface area contributed by atoms with Crippen molar-refractivity contribution in [2.75, 3.05) is 0 Å². The predicted molar refractivity (Wildman–Crippen MR) is 53.4 cm³/mol. The number of benzene rings is 1. The van der Waals surface area contributed by atoms with Gasteiger partial charge in [0.1, 0.15) is 0 Å². The second-order valence-electron chi connectivity index (χ2n) is 2.29. The average molecular weight is 254 g/mol. The smallest absolute Gasteiger partial charge is 0.0500 e. The minimum absolute atomic E-state index is 0.446. The van der Waals surface area contributed by atoms with E-state index in [1.165, 1.54) is 0 Å². The second-order valence-corrected chi connectivity index (χ2v) is 3.79. The Hall–Kier alpha value is 0.280. The molecule has 1 aromatic carbocycles. The lowest BCUT2D eigenvalue weighted by Crippen LogP contribution is -1.85. The molecule has 0 saturated heterocycles. The van der Waals surface area contributed by atoms with E-state index in [1.54, 1.807) is 0 Å². The van der Waals surface area contributed by atoms with Gasteiger partial charge < -0.3 is 0 Å². The lowest BCUT2D eigenvalue weighted by molar-refractivity contribution is 1.32. The molecule has 0 heterocycles. The first-order valence-corrected chi connectivity index (χ1v) is 4.86. The van der Waals surface area contributed by atoms with Crippen molar-refractivity contribution in [3.05, 3.63) is 32.8 Å². The van der Waals surface area contributed by atoms with E-state index in [9.17, 15) is 0 Å². The first kappa shape index (κ1) is 9.37. The third-order valence-corrected chi connectivity index (χ3v) is 3.05. The van der Waals surface area contributed by atoms with Crippen LogP contribution in [-0.2, 0) is 5.88 Å². The summed E-state index contributed by atoms with van der Waals surface area (Å²) in [6, 6.07) is 3.92. The van der Waals surface area contributed by atoms with Crippen LogP contribution in [0.1, 0.15) is 11.1 Å². The standard InChI is InChI=1S/C8H7BrCl2/c1-5-2-3-7(9)6(4-10)8(5)11/h2-3H,4H2,1H3. The molecule has 0 N–H and O–H groups in total. The van der Waals surface area contributed by atoms with Gasteiger partial charge in [-0.1, -0.05) is 33.6 Å². The zero-order valence-electron chi connectivity index (χ0n) is 6.00. The monoisotopic (exact) mass is 252 g/mol. The molecule has 11 heavy (non-hydrogen) atoms. The van der Waals surface area contributed by atoms with Gasteiger partial charge in [0.05, 0.1) is 0 Å². The number of alkyl halides is 1. The van der Waals surface area contributed by atoms with Crippen LogP contribution in [0.15, 0.2) is 16.6 Å². The van der Waals surface area contributed by atoms with Crippen molar-refractivity contribution in [2.24, 2.45) is 0 Å². The topological polar surface area (TPSA) is 0 Å². The molecule has 0 amide bonds. The fraction of sp³-hybridized carbons (Fsp3) is 0.250. The van der Waals surface area contributed by atoms with Crippen LogP contribution in [0.5, 0.6) is 0 Å². The molecule has 0 nitrogen and oxygen atoms in total. The van der Waals surface area contributed by atoms with E-state index in [1.807, 2.05) is 19.1 Å². The molecule has 0 fully saturated rings. The van der Waals surface area contributed by atoms with Crippen LogP contribution >= 0.6 is 39.1 Å². The molecule has 0 aliphatic rings. The molecule has 1 aromatic rings. The number of hydrogen-bond acceptors (Lipinski definition) is 0. The van der Waals surface area contributed by atoms with Gasteiger partial charge in [-0.3, -0.25) is 0 Å². The van der Waals surface area contributed by atoms with Crippen molar-refractivity contribution in [2.45, 2.75) is 12.8 Å². The van der Waals surface area contributed by atoms with E-state index in [0.717, 1.165) is 20.6 Å². The molecule has 0 radical (unpaired) electrons. The first-order valence-electron chi connectivity index (χ1n) is 3.16. The Labute approximate surface area is 84.6 Å². The molecule has 0 spiro atoms. The van der Waals surface area contributed by atoms with Gasteiger partial charge >= 0.3 is 0 Å². The summed E-state index contributed by atoms with van der Waals surface area (Å²) in [4.78, 5) is 0. The van der Waals surface area contributed by atoms with Crippen LogP contribution in [-0.4, -0.2) is 0 Å². The summed E-state index contributed by atoms with van der Waals surface area (Å²) in [5.41, 5.74) is 2.03. The van der Waals surface area contributed by atoms with Gasteiger partial charge in [0, 0.05) is 15.4 Å². The van der Waals surface area contributed by atoms with E-state index in [0.29, 0.717) is 5.88 Å². The molecule has 0 aromatic heterocycles. The molecule has 0 aliphatic carbocycles. The Morgan fingerprint density at radius 2 is 2.09 bits per heavy atom. The van der Waals surface area contributed by atoms with Gasteiger partial charge in [-0.25, -0.2) is 0 Å². The van der Waals surface area contributed by atoms with Crippen LogP contribution in [0.4, 0.5) is 0 Å². The van der Waals surface area contributed by atoms with Crippen molar-refractivity contribution >= 4 is 39.1 Å². The molecule has 0 aliphatic heterocycles. The largest absolute Gasteiger partial charge is 0.121 e. The van der Waals surface area contributed by atoms with Crippen molar-refractivity contribution in [3.63, 3.8) is 0 Å². The Morgan fingerprint density at radius 3 is 2.55 bits per heavy atom. The summed E-state index contributed by atoms with van der Waals surface area (Å²) >= 11 is 15.1. The zero-order valence-corrected chi connectivity index (χ0v) is 9.09. The fourth-order valence-electron chi connectivity index (χ4n) is 0.837. The van der Waals surface area contributed by atoms with Gasteiger partial charge in [-0.2, -0.15) is 0 Å². The SMILES string of the molecule is Cc1ccc(Br)c(CCl)c1Cl. The third-order valence-electron chi connectivity index (χ3n) is 1.51. The fourth-order valence-corrected chi connectivity index (χ4v) is 2.16. The van der Waals surface area contributed by atoms with Gasteiger partial charge in [0.2, 0.25) is 0 Å². The molecule has 0 unspecified atom stereocenters. The van der Waals surface area contributed by atoms with Gasteiger partial charge in [0.15, 0.2) is 0 Å². The number of halogens is 3. The van der Waals surface area contributed by atoms with Gasteiger partial charge in [-0.05, 0) is 24.1 Å². The molecule has 3 heteroatoms. The summed E-state index contributed by atoms with van der Waals surface area (Å²) in [6.45, 7) is 1.96.